The Labute approximate surface area is 116 Å². The number of nitrogens with one attached hydrogen (secondary N) is 1. The lowest BCUT2D eigenvalue weighted by atomic mass is 10.2. The molecule has 1 rings (SSSR count). The molecule has 1 aromatic rings. The molecule has 108 valence electrons. The van der Waals surface area contributed by atoms with E-state index in [0.717, 1.165) is 19.6 Å². The van der Waals surface area contributed by atoms with Gasteiger partial charge in [-0.1, -0.05) is 0 Å². The molecule has 4 nitrogen and oxygen atoms in total. The van der Waals surface area contributed by atoms with Gasteiger partial charge in [0.25, 0.3) is 0 Å². The third-order valence-corrected chi connectivity index (χ3v) is 3.81. The lowest BCUT2D eigenvalue weighted by Crippen LogP contribution is -2.42. The normalized spacial score (nSPS) is 12.5. The highest BCUT2D eigenvalue weighted by Crippen LogP contribution is 2.14. The van der Waals surface area contributed by atoms with Gasteiger partial charge in [0.2, 0.25) is 5.91 Å². The van der Waals surface area contributed by atoms with E-state index in [2.05, 4.69) is 36.7 Å². The Morgan fingerprint density at radius 2 is 2.05 bits per heavy atom. The van der Waals surface area contributed by atoms with E-state index in [4.69, 9.17) is 0 Å². The van der Waals surface area contributed by atoms with Crippen molar-refractivity contribution in [2.24, 2.45) is 0 Å². The van der Waals surface area contributed by atoms with Crippen LogP contribution in [-0.2, 0) is 17.9 Å². The smallest absolute Gasteiger partial charge is 0.239 e. The molecule has 0 aliphatic heterocycles. The summed E-state index contributed by atoms with van der Waals surface area (Å²) in [6.07, 6.45) is 0. The van der Waals surface area contributed by atoms with E-state index in [1.807, 2.05) is 20.9 Å². The molecule has 0 spiro atoms. The van der Waals surface area contributed by atoms with Crippen molar-refractivity contribution < 1.29 is 4.79 Å². The SMILES string of the molecule is CCN(C)C(=O)C(C)NCc1cc(C)n(CC)c1C. The van der Waals surface area contributed by atoms with Crippen LogP contribution in [0.15, 0.2) is 6.07 Å². The second kappa shape index (κ2) is 6.75. The van der Waals surface area contributed by atoms with E-state index in [9.17, 15) is 4.79 Å². The molecule has 0 saturated carbocycles. The van der Waals surface area contributed by atoms with Crippen LogP contribution in [0.1, 0.15) is 37.7 Å². The fraction of sp³-hybridized carbons (Fsp3) is 0.667. The van der Waals surface area contributed by atoms with Gasteiger partial charge in [0.1, 0.15) is 0 Å². The first-order chi connectivity index (χ1) is 8.92. The number of hydrogen-bond donors (Lipinski definition) is 1. The zero-order chi connectivity index (χ0) is 14.6. The molecule has 0 aliphatic carbocycles. The Hall–Kier alpha value is -1.29. The summed E-state index contributed by atoms with van der Waals surface area (Å²) in [5.74, 6) is 0.145. The van der Waals surface area contributed by atoms with E-state index in [-0.39, 0.29) is 11.9 Å². The molecule has 1 N–H and O–H groups in total. The number of carbonyl (C=O) groups is 1. The van der Waals surface area contributed by atoms with E-state index < -0.39 is 0 Å². The maximum absolute atomic E-state index is 12.0. The Bertz CT molecular complexity index is 437. The number of aryl methyl sites for hydroxylation is 1. The Balaban J connectivity index is 2.65. The zero-order valence-electron chi connectivity index (χ0n) is 13.1. The van der Waals surface area contributed by atoms with Crippen molar-refractivity contribution in [2.45, 2.75) is 53.8 Å². The summed E-state index contributed by atoms with van der Waals surface area (Å²) in [7, 11) is 1.84. The summed E-state index contributed by atoms with van der Waals surface area (Å²) in [6, 6.07) is 2.06. The quantitative estimate of drug-likeness (QED) is 0.855. The van der Waals surface area contributed by atoms with Crippen LogP contribution < -0.4 is 5.32 Å². The zero-order valence-corrected chi connectivity index (χ0v) is 13.1. The lowest BCUT2D eigenvalue weighted by Gasteiger charge is -2.20. The Morgan fingerprint density at radius 1 is 1.42 bits per heavy atom. The average Bonchev–Trinajstić information content (AvgIpc) is 2.68. The third-order valence-electron chi connectivity index (χ3n) is 3.81. The first-order valence-corrected chi connectivity index (χ1v) is 7.06. The van der Waals surface area contributed by atoms with E-state index >= 15 is 0 Å². The van der Waals surface area contributed by atoms with Gasteiger partial charge in [-0.3, -0.25) is 4.79 Å². The second-order valence-electron chi connectivity index (χ2n) is 5.10. The summed E-state index contributed by atoms with van der Waals surface area (Å²) in [5, 5.41) is 3.31. The highest BCUT2D eigenvalue weighted by atomic mass is 16.2. The monoisotopic (exact) mass is 265 g/mol. The number of hydrogen-bond acceptors (Lipinski definition) is 2. The summed E-state index contributed by atoms with van der Waals surface area (Å²) in [6.45, 7) is 12.8. The van der Waals surface area contributed by atoms with E-state index in [1.165, 1.54) is 17.0 Å². The van der Waals surface area contributed by atoms with Gasteiger partial charge in [-0.2, -0.15) is 0 Å². The first kappa shape index (κ1) is 15.8. The Morgan fingerprint density at radius 3 is 2.53 bits per heavy atom. The number of amides is 1. The molecular weight excluding hydrogens is 238 g/mol. The van der Waals surface area contributed by atoms with Gasteiger partial charge in [-0.15, -0.1) is 0 Å². The van der Waals surface area contributed by atoms with Crippen LogP contribution in [0.4, 0.5) is 0 Å². The summed E-state index contributed by atoms with van der Waals surface area (Å²) < 4.78 is 2.29. The molecule has 1 amide bonds. The van der Waals surface area contributed by atoms with Crippen LogP contribution in [0.5, 0.6) is 0 Å². The maximum atomic E-state index is 12.0. The molecule has 1 atom stereocenters. The molecule has 0 bridgehead atoms. The van der Waals surface area contributed by atoms with E-state index in [1.54, 1.807) is 4.90 Å². The predicted octanol–water partition coefficient (Wildman–Crippen LogP) is 2.08. The highest BCUT2D eigenvalue weighted by molar-refractivity contribution is 5.81. The number of likely N-dealkylation sites (N-methyl/N-ethyl adjacent to an activating group) is 1. The standard InChI is InChI=1S/C15H27N3O/c1-7-17(6)15(19)12(4)16-10-14-9-11(3)18(8-2)13(14)5/h9,12,16H,7-8,10H2,1-6H3. The fourth-order valence-electron chi connectivity index (χ4n) is 2.37. The molecule has 19 heavy (non-hydrogen) atoms. The van der Waals surface area contributed by atoms with Crippen LogP contribution in [0.25, 0.3) is 0 Å². The summed E-state index contributed by atoms with van der Waals surface area (Å²) in [5.41, 5.74) is 3.84. The largest absolute Gasteiger partial charge is 0.349 e. The van der Waals surface area contributed by atoms with Crippen LogP contribution >= 0.6 is 0 Å². The van der Waals surface area contributed by atoms with Crippen molar-refractivity contribution in [3.63, 3.8) is 0 Å². The third kappa shape index (κ3) is 3.60. The van der Waals surface area contributed by atoms with Gasteiger partial charge in [0, 0.05) is 38.1 Å². The molecule has 1 aromatic heterocycles. The Kier molecular flexibility index (Phi) is 5.60. The van der Waals surface area contributed by atoms with E-state index in [0.29, 0.717) is 0 Å². The van der Waals surface area contributed by atoms with Gasteiger partial charge in [-0.25, -0.2) is 0 Å². The van der Waals surface area contributed by atoms with Gasteiger partial charge >= 0.3 is 0 Å². The minimum atomic E-state index is -0.144. The minimum Gasteiger partial charge on any atom is -0.349 e. The van der Waals surface area contributed by atoms with Crippen LogP contribution in [0.3, 0.4) is 0 Å². The highest BCUT2D eigenvalue weighted by Gasteiger charge is 2.16. The number of aromatic nitrogens is 1. The minimum absolute atomic E-state index is 0.144. The van der Waals surface area contributed by atoms with Crippen LogP contribution in [0, 0.1) is 13.8 Å². The van der Waals surface area contributed by atoms with Gasteiger partial charge in [-0.05, 0) is 46.2 Å². The number of nitrogens with zero attached hydrogens (tertiary/aromatic N) is 2. The predicted molar refractivity (Wildman–Crippen MR) is 79.2 cm³/mol. The molecule has 0 saturated heterocycles. The van der Waals surface area contributed by atoms with Crippen molar-refractivity contribution in [1.29, 1.82) is 0 Å². The average molecular weight is 265 g/mol. The number of carbonyl (C=O) groups excluding carboxylic acids is 1. The fourth-order valence-corrected chi connectivity index (χ4v) is 2.37. The molecular formula is C15H27N3O. The molecule has 0 aliphatic rings. The van der Waals surface area contributed by atoms with Crippen LogP contribution in [-0.4, -0.2) is 35.0 Å². The van der Waals surface area contributed by atoms with Gasteiger partial charge in [0.15, 0.2) is 0 Å². The first-order valence-electron chi connectivity index (χ1n) is 7.06. The van der Waals surface area contributed by atoms with Crippen molar-refractivity contribution in [2.75, 3.05) is 13.6 Å². The summed E-state index contributed by atoms with van der Waals surface area (Å²) in [4.78, 5) is 13.7. The van der Waals surface area contributed by atoms with Crippen LogP contribution in [0.2, 0.25) is 0 Å². The van der Waals surface area contributed by atoms with Crippen molar-refractivity contribution in [3.05, 3.63) is 23.0 Å². The van der Waals surface area contributed by atoms with Crippen molar-refractivity contribution in [1.82, 2.24) is 14.8 Å². The lowest BCUT2D eigenvalue weighted by molar-refractivity contribution is -0.131. The topological polar surface area (TPSA) is 37.3 Å². The molecule has 1 unspecified atom stereocenters. The second-order valence-corrected chi connectivity index (χ2v) is 5.10. The molecule has 0 aromatic carbocycles. The van der Waals surface area contributed by atoms with Gasteiger partial charge in [0.05, 0.1) is 6.04 Å². The summed E-state index contributed by atoms with van der Waals surface area (Å²) >= 11 is 0. The molecule has 0 fully saturated rings. The van der Waals surface area contributed by atoms with Gasteiger partial charge < -0.3 is 14.8 Å². The molecule has 4 heteroatoms. The maximum Gasteiger partial charge on any atom is 0.239 e. The van der Waals surface area contributed by atoms with Crippen molar-refractivity contribution >= 4 is 5.91 Å². The molecule has 1 heterocycles. The van der Waals surface area contributed by atoms with Crippen molar-refractivity contribution in [3.8, 4) is 0 Å². The molecule has 0 radical (unpaired) electrons. The number of rotatable bonds is 6.